The van der Waals surface area contributed by atoms with Gasteiger partial charge in [-0.25, -0.2) is 0 Å². The summed E-state index contributed by atoms with van der Waals surface area (Å²) in [6, 6.07) is 14.3. The number of rotatable bonds is 3. The quantitative estimate of drug-likeness (QED) is 0.490. The van der Waals surface area contributed by atoms with Crippen molar-refractivity contribution in [3.05, 3.63) is 54.1 Å². The molecule has 2 aromatic rings. The minimum absolute atomic E-state index is 0.203. The number of nitrogen functional groups attached to an aromatic ring is 2. The molecule has 0 aliphatic carbocycles. The molecule has 4 N–H and O–H groups in total. The maximum Gasteiger partial charge on any atom is 0.315 e. The Hall–Kier alpha value is -2.49. The number of hydrogen-bond acceptors (Lipinski definition) is 4. The van der Waals surface area contributed by atoms with Crippen LogP contribution in [-0.2, 0) is 11.2 Å². The van der Waals surface area contributed by atoms with Gasteiger partial charge in [0.25, 0.3) is 0 Å². The van der Waals surface area contributed by atoms with E-state index >= 15 is 0 Å². The monoisotopic (exact) mass is 242 g/mol. The van der Waals surface area contributed by atoms with Crippen LogP contribution >= 0.6 is 0 Å². The molecule has 0 aliphatic heterocycles. The lowest BCUT2D eigenvalue weighted by atomic mass is 10.1. The molecule has 0 saturated carbocycles. The zero-order valence-electron chi connectivity index (χ0n) is 9.80. The Balaban J connectivity index is 2.06. The lowest BCUT2D eigenvalue weighted by Gasteiger charge is -2.08. The molecule has 0 unspecified atom stereocenters. The smallest absolute Gasteiger partial charge is 0.315 e. The minimum Gasteiger partial charge on any atom is -0.424 e. The van der Waals surface area contributed by atoms with Crippen molar-refractivity contribution < 1.29 is 9.53 Å². The largest absolute Gasteiger partial charge is 0.424 e. The van der Waals surface area contributed by atoms with Gasteiger partial charge < -0.3 is 16.2 Å². The van der Waals surface area contributed by atoms with E-state index in [1.807, 2.05) is 30.3 Å². The highest BCUT2D eigenvalue weighted by Crippen LogP contribution is 2.27. The van der Waals surface area contributed by atoms with Crippen molar-refractivity contribution >= 4 is 17.3 Å². The number of esters is 1. The van der Waals surface area contributed by atoms with Gasteiger partial charge in [0.05, 0.1) is 17.8 Å². The summed E-state index contributed by atoms with van der Waals surface area (Å²) < 4.78 is 5.19. The van der Waals surface area contributed by atoms with Crippen LogP contribution in [0, 0.1) is 0 Å². The molecule has 0 fully saturated rings. The Bertz CT molecular complexity index is 553. The van der Waals surface area contributed by atoms with E-state index in [0.717, 1.165) is 5.56 Å². The van der Waals surface area contributed by atoms with E-state index in [2.05, 4.69) is 0 Å². The molecule has 2 aromatic carbocycles. The molecular formula is C14H14N2O2. The first-order valence-electron chi connectivity index (χ1n) is 5.55. The molecule has 0 aromatic heterocycles. The fourth-order valence-corrected chi connectivity index (χ4v) is 1.57. The minimum atomic E-state index is -0.362. The fourth-order valence-electron chi connectivity index (χ4n) is 1.57. The van der Waals surface area contributed by atoms with Gasteiger partial charge in [-0.2, -0.15) is 0 Å². The lowest BCUT2D eigenvalue weighted by molar-refractivity contribution is -0.133. The topological polar surface area (TPSA) is 78.3 Å². The van der Waals surface area contributed by atoms with E-state index in [1.54, 1.807) is 18.2 Å². The van der Waals surface area contributed by atoms with E-state index in [9.17, 15) is 4.79 Å². The van der Waals surface area contributed by atoms with Crippen LogP contribution in [0.15, 0.2) is 48.5 Å². The van der Waals surface area contributed by atoms with Crippen molar-refractivity contribution in [2.75, 3.05) is 11.5 Å². The van der Waals surface area contributed by atoms with Gasteiger partial charge >= 0.3 is 5.97 Å². The third-order valence-electron chi connectivity index (χ3n) is 2.51. The summed E-state index contributed by atoms with van der Waals surface area (Å²) in [5.74, 6) is -0.0607. The number of anilines is 2. The van der Waals surface area contributed by atoms with E-state index in [1.165, 1.54) is 0 Å². The molecule has 92 valence electrons. The molecule has 0 bridgehead atoms. The zero-order valence-corrected chi connectivity index (χ0v) is 9.80. The standard InChI is InChI=1S/C14H14N2O2/c15-11-7-4-8-12(14(11)16)18-13(17)9-10-5-2-1-3-6-10/h1-8H,9,15-16H2. The molecule has 0 saturated heterocycles. The zero-order chi connectivity index (χ0) is 13.0. The Morgan fingerprint density at radius 2 is 1.72 bits per heavy atom. The van der Waals surface area contributed by atoms with Crippen molar-refractivity contribution in [1.82, 2.24) is 0 Å². The highest BCUT2D eigenvalue weighted by atomic mass is 16.5. The van der Waals surface area contributed by atoms with Crippen LogP contribution in [0.1, 0.15) is 5.56 Å². The summed E-state index contributed by atoms with van der Waals surface area (Å²) in [5, 5.41) is 0. The molecule has 0 aliphatic rings. The summed E-state index contributed by atoms with van der Waals surface area (Å²) in [6.07, 6.45) is 0.203. The van der Waals surface area contributed by atoms with Gasteiger partial charge in [-0.05, 0) is 17.7 Å². The third-order valence-corrected chi connectivity index (χ3v) is 2.51. The van der Waals surface area contributed by atoms with Crippen LogP contribution < -0.4 is 16.2 Å². The first-order valence-corrected chi connectivity index (χ1v) is 5.55. The molecule has 0 radical (unpaired) electrons. The van der Waals surface area contributed by atoms with Crippen LogP contribution in [0.3, 0.4) is 0 Å². The van der Waals surface area contributed by atoms with Crippen molar-refractivity contribution in [3.8, 4) is 5.75 Å². The van der Waals surface area contributed by atoms with Crippen LogP contribution in [0.2, 0.25) is 0 Å². The average molecular weight is 242 g/mol. The number of ether oxygens (including phenoxy) is 1. The summed E-state index contributed by atoms with van der Waals surface area (Å²) in [5.41, 5.74) is 12.9. The number of nitrogens with two attached hydrogens (primary N) is 2. The van der Waals surface area contributed by atoms with E-state index in [4.69, 9.17) is 16.2 Å². The van der Waals surface area contributed by atoms with E-state index in [-0.39, 0.29) is 12.4 Å². The first kappa shape index (κ1) is 12.0. The molecule has 4 heteroatoms. The lowest BCUT2D eigenvalue weighted by Crippen LogP contribution is -2.12. The third kappa shape index (κ3) is 2.79. The fraction of sp³-hybridized carbons (Fsp3) is 0.0714. The van der Waals surface area contributed by atoms with Crippen LogP contribution in [-0.4, -0.2) is 5.97 Å². The predicted molar refractivity (Wildman–Crippen MR) is 71.0 cm³/mol. The molecule has 0 atom stereocenters. The maximum absolute atomic E-state index is 11.7. The van der Waals surface area contributed by atoms with Gasteiger partial charge in [0.1, 0.15) is 0 Å². The van der Waals surface area contributed by atoms with Crippen molar-refractivity contribution in [1.29, 1.82) is 0 Å². The van der Waals surface area contributed by atoms with Gasteiger partial charge in [-0.15, -0.1) is 0 Å². The molecule has 0 heterocycles. The SMILES string of the molecule is Nc1cccc(OC(=O)Cc2ccccc2)c1N. The van der Waals surface area contributed by atoms with Gasteiger partial charge in [0, 0.05) is 0 Å². The van der Waals surface area contributed by atoms with Gasteiger partial charge in [0.15, 0.2) is 5.75 Å². The van der Waals surface area contributed by atoms with Crippen molar-refractivity contribution in [2.45, 2.75) is 6.42 Å². The highest BCUT2D eigenvalue weighted by molar-refractivity contribution is 5.79. The van der Waals surface area contributed by atoms with Crippen LogP contribution in [0.4, 0.5) is 11.4 Å². The van der Waals surface area contributed by atoms with Gasteiger partial charge in [0.2, 0.25) is 0 Å². The molecule has 0 amide bonds. The molecule has 0 spiro atoms. The Morgan fingerprint density at radius 1 is 1.00 bits per heavy atom. The van der Waals surface area contributed by atoms with Crippen molar-refractivity contribution in [3.63, 3.8) is 0 Å². The number of para-hydroxylation sites is 1. The highest BCUT2D eigenvalue weighted by Gasteiger charge is 2.09. The maximum atomic E-state index is 11.7. The molecule has 18 heavy (non-hydrogen) atoms. The number of carbonyl (C=O) groups is 1. The number of benzene rings is 2. The summed E-state index contributed by atoms with van der Waals surface area (Å²) in [6.45, 7) is 0. The van der Waals surface area contributed by atoms with Gasteiger partial charge in [-0.1, -0.05) is 36.4 Å². The summed E-state index contributed by atoms with van der Waals surface area (Å²) in [7, 11) is 0. The van der Waals surface area contributed by atoms with Gasteiger partial charge in [-0.3, -0.25) is 4.79 Å². The Morgan fingerprint density at radius 3 is 2.44 bits per heavy atom. The first-order chi connectivity index (χ1) is 8.66. The Labute approximate surface area is 105 Å². The van der Waals surface area contributed by atoms with Crippen LogP contribution in [0.5, 0.6) is 5.75 Å². The van der Waals surface area contributed by atoms with Crippen molar-refractivity contribution in [2.24, 2.45) is 0 Å². The second-order valence-electron chi connectivity index (χ2n) is 3.90. The average Bonchev–Trinajstić information content (AvgIpc) is 2.36. The summed E-state index contributed by atoms with van der Waals surface area (Å²) in [4.78, 5) is 11.7. The summed E-state index contributed by atoms with van der Waals surface area (Å²) >= 11 is 0. The van der Waals surface area contributed by atoms with E-state index in [0.29, 0.717) is 17.1 Å². The number of carbonyl (C=O) groups excluding carboxylic acids is 1. The normalized spacial score (nSPS) is 10.0. The number of hydrogen-bond donors (Lipinski definition) is 2. The second kappa shape index (κ2) is 5.23. The Kier molecular flexibility index (Phi) is 3.48. The van der Waals surface area contributed by atoms with Crippen LogP contribution in [0.25, 0.3) is 0 Å². The van der Waals surface area contributed by atoms with E-state index < -0.39 is 0 Å². The predicted octanol–water partition coefficient (Wildman–Crippen LogP) is 2.00. The molecular weight excluding hydrogens is 228 g/mol. The second-order valence-corrected chi connectivity index (χ2v) is 3.90. The molecule has 2 rings (SSSR count). The molecule has 4 nitrogen and oxygen atoms in total.